The Labute approximate surface area is 107 Å². The summed E-state index contributed by atoms with van der Waals surface area (Å²) in [6, 6.07) is 4.60. The van der Waals surface area contributed by atoms with Gasteiger partial charge in [0.05, 0.1) is 11.5 Å². The summed E-state index contributed by atoms with van der Waals surface area (Å²) in [5.41, 5.74) is 1.46. The molecule has 5 nitrogen and oxygen atoms in total. The first-order valence-corrected chi connectivity index (χ1v) is 6.05. The molecular formula is C13H20N2O3. The number of non-ortho nitro benzene ring substituents is 1. The fourth-order valence-electron chi connectivity index (χ4n) is 1.76. The summed E-state index contributed by atoms with van der Waals surface area (Å²) in [6.07, 6.45) is 1.04. The van der Waals surface area contributed by atoms with Crippen LogP contribution in [0, 0.1) is 16.0 Å². The highest BCUT2D eigenvalue weighted by molar-refractivity contribution is 5.57. The molecule has 1 rings (SSSR count). The van der Waals surface area contributed by atoms with E-state index in [0.29, 0.717) is 11.5 Å². The largest absolute Gasteiger partial charge is 0.392 e. The summed E-state index contributed by atoms with van der Waals surface area (Å²) in [4.78, 5) is 12.3. The normalized spacial score (nSPS) is 10.7. The first-order chi connectivity index (χ1) is 8.45. The number of rotatable bonds is 6. The minimum absolute atomic E-state index is 0.0139. The molecule has 1 aromatic rings. The van der Waals surface area contributed by atoms with E-state index in [1.54, 1.807) is 6.07 Å². The number of nitrogens with zero attached hydrogens (tertiary/aromatic N) is 2. The van der Waals surface area contributed by atoms with Gasteiger partial charge < -0.3 is 10.0 Å². The third-order valence-corrected chi connectivity index (χ3v) is 2.90. The zero-order chi connectivity index (χ0) is 13.7. The van der Waals surface area contributed by atoms with Gasteiger partial charge in [-0.2, -0.15) is 0 Å². The Morgan fingerprint density at radius 1 is 1.44 bits per heavy atom. The minimum atomic E-state index is -0.447. The molecule has 0 amide bonds. The second kappa shape index (κ2) is 6.35. The molecule has 0 fully saturated rings. The van der Waals surface area contributed by atoms with Crippen LogP contribution in [0.15, 0.2) is 18.2 Å². The molecule has 0 aliphatic heterocycles. The van der Waals surface area contributed by atoms with E-state index in [1.165, 1.54) is 12.1 Å². The topological polar surface area (TPSA) is 66.6 Å². The van der Waals surface area contributed by atoms with Crippen LogP contribution in [0.5, 0.6) is 0 Å². The van der Waals surface area contributed by atoms with Crippen molar-refractivity contribution in [3.05, 3.63) is 33.9 Å². The van der Waals surface area contributed by atoms with Crippen LogP contribution in [0.1, 0.15) is 25.8 Å². The van der Waals surface area contributed by atoms with E-state index < -0.39 is 4.92 Å². The van der Waals surface area contributed by atoms with Crippen molar-refractivity contribution in [1.82, 2.24) is 0 Å². The van der Waals surface area contributed by atoms with E-state index in [1.807, 2.05) is 11.9 Å². The maximum absolute atomic E-state index is 10.7. The van der Waals surface area contributed by atoms with E-state index in [9.17, 15) is 15.2 Å². The van der Waals surface area contributed by atoms with Crippen molar-refractivity contribution in [2.24, 2.45) is 5.92 Å². The zero-order valence-electron chi connectivity index (χ0n) is 11.1. The predicted octanol–water partition coefficient (Wildman–Crippen LogP) is 2.57. The van der Waals surface area contributed by atoms with Gasteiger partial charge in [0.2, 0.25) is 0 Å². The maximum Gasteiger partial charge on any atom is 0.269 e. The molecule has 0 aliphatic carbocycles. The molecule has 0 unspecified atom stereocenters. The fourth-order valence-corrected chi connectivity index (χ4v) is 1.76. The fraction of sp³-hybridized carbons (Fsp3) is 0.538. The molecule has 100 valence electrons. The Kier molecular flexibility index (Phi) is 5.09. The quantitative estimate of drug-likeness (QED) is 0.624. The van der Waals surface area contributed by atoms with Gasteiger partial charge in [-0.1, -0.05) is 13.8 Å². The Balaban J connectivity index is 2.91. The predicted molar refractivity (Wildman–Crippen MR) is 71.7 cm³/mol. The zero-order valence-corrected chi connectivity index (χ0v) is 11.1. The number of aliphatic hydroxyl groups excluding tert-OH is 1. The molecule has 18 heavy (non-hydrogen) atoms. The molecule has 0 bridgehead atoms. The summed E-state index contributed by atoms with van der Waals surface area (Å²) in [7, 11) is 1.93. The number of hydrogen-bond acceptors (Lipinski definition) is 4. The highest BCUT2D eigenvalue weighted by Gasteiger charge is 2.13. The summed E-state index contributed by atoms with van der Waals surface area (Å²) in [6.45, 7) is 4.97. The molecule has 0 atom stereocenters. The standard InChI is InChI=1S/C13H20N2O3/c1-10(2)6-7-14(3)13-5-4-12(15(17)18)8-11(13)9-16/h4-5,8,10,16H,6-7,9H2,1-3H3. The molecule has 0 aliphatic rings. The molecule has 1 aromatic carbocycles. The number of nitro groups is 1. The lowest BCUT2D eigenvalue weighted by atomic mass is 10.1. The van der Waals surface area contributed by atoms with Gasteiger partial charge in [-0.25, -0.2) is 0 Å². The minimum Gasteiger partial charge on any atom is -0.392 e. The molecule has 1 N–H and O–H groups in total. The van der Waals surface area contributed by atoms with E-state index in [4.69, 9.17) is 0 Å². The number of nitro benzene ring substituents is 1. The summed E-state index contributed by atoms with van der Waals surface area (Å²) < 4.78 is 0. The van der Waals surface area contributed by atoms with Gasteiger partial charge in [-0.15, -0.1) is 0 Å². The molecule has 0 saturated carbocycles. The Morgan fingerprint density at radius 3 is 2.61 bits per heavy atom. The van der Waals surface area contributed by atoms with E-state index in [-0.39, 0.29) is 12.3 Å². The van der Waals surface area contributed by atoms with Crippen molar-refractivity contribution in [3.63, 3.8) is 0 Å². The molecule has 0 saturated heterocycles. The molecule has 0 heterocycles. The van der Waals surface area contributed by atoms with E-state index in [0.717, 1.165) is 18.7 Å². The van der Waals surface area contributed by atoms with Crippen LogP contribution in [0.25, 0.3) is 0 Å². The molecular weight excluding hydrogens is 232 g/mol. The average molecular weight is 252 g/mol. The molecule has 0 radical (unpaired) electrons. The number of hydrogen-bond donors (Lipinski definition) is 1. The highest BCUT2D eigenvalue weighted by atomic mass is 16.6. The van der Waals surface area contributed by atoms with Crippen molar-refractivity contribution >= 4 is 11.4 Å². The Hall–Kier alpha value is -1.62. The van der Waals surface area contributed by atoms with Crippen LogP contribution in [0.3, 0.4) is 0 Å². The van der Waals surface area contributed by atoms with Crippen LogP contribution in [0.4, 0.5) is 11.4 Å². The second-order valence-electron chi connectivity index (χ2n) is 4.83. The van der Waals surface area contributed by atoms with Crippen molar-refractivity contribution in [1.29, 1.82) is 0 Å². The monoisotopic (exact) mass is 252 g/mol. The smallest absolute Gasteiger partial charge is 0.269 e. The Bertz CT molecular complexity index is 419. The second-order valence-corrected chi connectivity index (χ2v) is 4.83. The van der Waals surface area contributed by atoms with Gasteiger partial charge in [0.1, 0.15) is 0 Å². The lowest BCUT2D eigenvalue weighted by Crippen LogP contribution is -2.21. The molecule has 5 heteroatoms. The lowest BCUT2D eigenvalue weighted by molar-refractivity contribution is -0.384. The number of anilines is 1. The van der Waals surface area contributed by atoms with Crippen LogP contribution >= 0.6 is 0 Å². The van der Waals surface area contributed by atoms with E-state index in [2.05, 4.69) is 13.8 Å². The van der Waals surface area contributed by atoms with Crippen molar-refractivity contribution in [2.45, 2.75) is 26.9 Å². The van der Waals surface area contributed by atoms with Gasteiger partial charge in [-0.3, -0.25) is 10.1 Å². The van der Waals surface area contributed by atoms with Crippen molar-refractivity contribution < 1.29 is 10.0 Å². The maximum atomic E-state index is 10.7. The number of aliphatic hydroxyl groups is 1. The van der Waals surface area contributed by atoms with Crippen molar-refractivity contribution in [3.8, 4) is 0 Å². The van der Waals surface area contributed by atoms with Gasteiger partial charge in [0.25, 0.3) is 5.69 Å². The summed E-state index contributed by atoms with van der Waals surface area (Å²) in [5.74, 6) is 0.600. The van der Waals surface area contributed by atoms with Crippen LogP contribution < -0.4 is 4.90 Å². The summed E-state index contributed by atoms with van der Waals surface area (Å²) >= 11 is 0. The van der Waals surface area contributed by atoms with Gasteiger partial charge in [0, 0.05) is 37.0 Å². The first kappa shape index (κ1) is 14.4. The van der Waals surface area contributed by atoms with Gasteiger partial charge in [-0.05, 0) is 18.4 Å². The van der Waals surface area contributed by atoms with Crippen LogP contribution in [-0.4, -0.2) is 23.6 Å². The lowest BCUT2D eigenvalue weighted by Gasteiger charge is -2.22. The van der Waals surface area contributed by atoms with Crippen LogP contribution in [0.2, 0.25) is 0 Å². The van der Waals surface area contributed by atoms with E-state index >= 15 is 0 Å². The summed E-state index contributed by atoms with van der Waals surface area (Å²) in [5, 5.41) is 20.0. The highest BCUT2D eigenvalue weighted by Crippen LogP contribution is 2.25. The van der Waals surface area contributed by atoms with Crippen molar-refractivity contribution in [2.75, 3.05) is 18.5 Å². The third kappa shape index (κ3) is 3.70. The molecule has 0 aromatic heterocycles. The number of benzene rings is 1. The Morgan fingerprint density at radius 2 is 2.11 bits per heavy atom. The first-order valence-electron chi connectivity index (χ1n) is 6.05. The van der Waals surface area contributed by atoms with Gasteiger partial charge in [0.15, 0.2) is 0 Å². The van der Waals surface area contributed by atoms with Gasteiger partial charge >= 0.3 is 0 Å². The SMILES string of the molecule is CC(C)CCN(C)c1ccc([N+](=O)[O-])cc1CO. The van der Waals surface area contributed by atoms with Crippen LogP contribution in [-0.2, 0) is 6.61 Å². The molecule has 0 spiro atoms. The third-order valence-electron chi connectivity index (χ3n) is 2.90. The average Bonchev–Trinajstić information content (AvgIpc) is 2.34.